The zero-order valence-electron chi connectivity index (χ0n) is 11.4. The third-order valence-corrected chi connectivity index (χ3v) is 2.77. The van der Waals surface area contributed by atoms with Crippen LogP contribution in [0.25, 0.3) is 0 Å². The molecule has 0 bridgehead atoms. The Labute approximate surface area is 121 Å². The molecule has 0 spiro atoms. The fourth-order valence-electron chi connectivity index (χ4n) is 1.83. The monoisotopic (exact) mass is 286 g/mol. The summed E-state index contributed by atoms with van der Waals surface area (Å²) < 4.78 is 5.01. The van der Waals surface area contributed by atoms with Crippen LogP contribution in [0.15, 0.2) is 42.6 Å². The number of ether oxygens (including phenoxy) is 1. The summed E-state index contributed by atoms with van der Waals surface area (Å²) in [5.41, 5.74) is 1.20. The number of anilines is 1. The number of carboxylic acids is 1. The molecule has 108 valence electrons. The van der Waals surface area contributed by atoms with Crippen molar-refractivity contribution in [1.29, 1.82) is 0 Å². The molecule has 1 amide bonds. The van der Waals surface area contributed by atoms with Gasteiger partial charge < -0.3 is 15.2 Å². The molecule has 0 atom stereocenters. The maximum Gasteiger partial charge on any atom is 0.339 e. The van der Waals surface area contributed by atoms with Crippen LogP contribution in [0.2, 0.25) is 0 Å². The van der Waals surface area contributed by atoms with Crippen LogP contribution < -0.4 is 5.32 Å². The maximum absolute atomic E-state index is 12.2. The van der Waals surface area contributed by atoms with Gasteiger partial charge in [-0.05, 0) is 29.8 Å². The van der Waals surface area contributed by atoms with Gasteiger partial charge in [-0.3, -0.25) is 4.79 Å². The van der Waals surface area contributed by atoms with E-state index in [2.05, 4.69) is 10.3 Å². The summed E-state index contributed by atoms with van der Waals surface area (Å²) in [4.78, 5) is 27.1. The molecule has 1 aromatic heterocycles. The molecule has 0 saturated heterocycles. The minimum atomic E-state index is -1.15. The minimum absolute atomic E-state index is 0.0205. The first kappa shape index (κ1) is 14.7. The molecule has 21 heavy (non-hydrogen) atoms. The van der Waals surface area contributed by atoms with Crippen LogP contribution in [0.1, 0.15) is 26.3 Å². The number of amides is 1. The number of benzene rings is 1. The van der Waals surface area contributed by atoms with Crippen molar-refractivity contribution in [3.05, 3.63) is 59.3 Å². The summed E-state index contributed by atoms with van der Waals surface area (Å²) in [5.74, 6) is -1.55. The van der Waals surface area contributed by atoms with E-state index in [0.717, 1.165) is 5.56 Å². The highest BCUT2D eigenvalue weighted by Gasteiger charge is 2.14. The van der Waals surface area contributed by atoms with Gasteiger partial charge in [0.25, 0.3) is 5.91 Å². The average Bonchev–Trinajstić information content (AvgIpc) is 2.48. The quantitative estimate of drug-likeness (QED) is 0.879. The van der Waals surface area contributed by atoms with Gasteiger partial charge in [-0.2, -0.15) is 0 Å². The van der Waals surface area contributed by atoms with Crippen LogP contribution >= 0.6 is 0 Å². The summed E-state index contributed by atoms with van der Waals surface area (Å²) in [6.45, 7) is 0.394. The van der Waals surface area contributed by atoms with Crippen LogP contribution in [0.4, 0.5) is 5.82 Å². The molecular weight excluding hydrogens is 272 g/mol. The lowest BCUT2D eigenvalue weighted by Crippen LogP contribution is -2.16. The lowest BCUT2D eigenvalue weighted by atomic mass is 10.1. The second-order valence-corrected chi connectivity index (χ2v) is 4.29. The van der Waals surface area contributed by atoms with Crippen molar-refractivity contribution < 1.29 is 19.4 Å². The zero-order valence-corrected chi connectivity index (χ0v) is 11.4. The number of carbonyl (C=O) groups excluding carboxylic acids is 1. The molecule has 6 heteroatoms. The van der Waals surface area contributed by atoms with Gasteiger partial charge >= 0.3 is 5.97 Å². The molecule has 0 aliphatic rings. The average molecular weight is 286 g/mol. The molecule has 2 rings (SSSR count). The van der Waals surface area contributed by atoms with Gasteiger partial charge in [-0.25, -0.2) is 9.78 Å². The second-order valence-electron chi connectivity index (χ2n) is 4.29. The fraction of sp³-hybridized carbons (Fsp3) is 0.133. The normalized spacial score (nSPS) is 10.1. The number of rotatable bonds is 5. The third kappa shape index (κ3) is 3.64. The number of carbonyl (C=O) groups is 2. The van der Waals surface area contributed by atoms with E-state index in [9.17, 15) is 9.59 Å². The standard InChI is InChI=1S/C15H14N2O4/c1-21-9-10-4-2-5-11(8-10)14(18)17-13-12(15(19)20)6-3-7-16-13/h2-8H,9H2,1H3,(H,19,20)(H,16,17,18). The molecule has 1 aromatic carbocycles. The Morgan fingerprint density at radius 3 is 2.81 bits per heavy atom. The first-order chi connectivity index (χ1) is 10.1. The lowest BCUT2D eigenvalue weighted by molar-refractivity contribution is 0.0697. The van der Waals surface area contributed by atoms with Crippen molar-refractivity contribution in [3.63, 3.8) is 0 Å². The van der Waals surface area contributed by atoms with Crippen molar-refractivity contribution in [2.24, 2.45) is 0 Å². The van der Waals surface area contributed by atoms with Crippen molar-refractivity contribution in [2.45, 2.75) is 6.61 Å². The summed E-state index contributed by atoms with van der Waals surface area (Å²) in [6, 6.07) is 9.77. The van der Waals surface area contributed by atoms with E-state index in [4.69, 9.17) is 9.84 Å². The summed E-state index contributed by atoms with van der Waals surface area (Å²) in [5, 5.41) is 11.6. The number of hydrogen-bond acceptors (Lipinski definition) is 4. The van der Waals surface area contributed by atoms with E-state index >= 15 is 0 Å². The number of nitrogens with zero attached hydrogens (tertiary/aromatic N) is 1. The topological polar surface area (TPSA) is 88.5 Å². The van der Waals surface area contributed by atoms with E-state index in [-0.39, 0.29) is 11.4 Å². The number of aromatic carboxylic acids is 1. The van der Waals surface area contributed by atoms with Crippen LogP contribution in [0.3, 0.4) is 0 Å². The maximum atomic E-state index is 12.2. The van der Waals surface area contributed by atoms with Crippen LogP contribution in [0.5, 0.6) is 0 Å². The highest BCUT2D eigenvalue weighted by atomic mass is 16.5. The number of pyridine rings is 1. The molecule has 0 unspecified atom stereocenters. The van der Waals surface area contributed by atoms with E-state index < -0.39 is 11.9 Å². The van der Waals surface area contributed by atoms with Crippen molar-refractivity contribution in [1.82, 2.24) is 4.98 Å². The predicted octanol–water partition coefficient (Wildman–Crippen LogP) is 2.18. The molecule has 2 N–H and O–H groups in total. The Bertz CT molecular complexity index is 670. The second kappa shape index (κ2) is 6.62. The lowest BCUT2D eigenvalue weighted by Gasteiger charge is -2.08. The number of hydrogen-bond donors (Lipinski definition) is 2. The molecule has 1 heterocycles. The molecule has 6 nitrogen and oxygen atoms in total. The van der Waals surface area contributed by atoms with E-state index in [1.54, 1.807) is 25.3 Å². The van der Waals surface area contributed by atoms with Crippen LogP contribution in [-0.4, -0.2) is 29.1 Å². The summed E-state index contributed by atoms with van der Waals surface area (Å²) in [7, 11) is 1.57. The van der Waals surface area contributed by atoms with Crippen molar-refractivity contribution >= 4 is 17.7 Å². The number of methoxy groups -OCH3 is 1. The Kier molecular flexibility index (Phi) is 4.63. The van der Waals surface area contributed by atoms with Gasteiger partial charge in [0.2, 0.25) is 0 Å². The largest absolute Gasteiger partial charge is 0.478 e. The molecular formula is C15H14N2O4. The Morgan fingerprint density at radius 1 is 1.29 bits per heavy atom. The highest BCUT2D eigenvalue weighted by Crippen LogP contribution is 2.14. The van der Waals surface area contributed by atoms with Crippen molar-refractivity contribution in [2.75, 3.05) is 12.4 Å². The Balaban J connectivity index is 2.22. The first-order valence-corrected chi connectivity index (χ1v) is 6.19. The van der Waals surface area contributed by atoms with E-state index in [1.807, 2.05) is 6.07 Å². The SMILES string of the molecule is COCc1cccc(C(=O)Nc2ncccc2C(=O)O)c1. The Hall–Kier alpha value is -2.73. The van der Waals surface area contributed by atoms with Gasteiger partial charge in [0.1, 0.15) is 11.4 Å². The number of nitrogens with one attached hydrogen (secondary N) is 1. The van der Waals surface area contributed by atoms with Gasteiger partial charge in [0, 0.05) is 18.9 Å². The smallest absolute Gasteiger partial charge is 0.339 e. The zero-order chi connectivity index (χ0) is 15.2. The van der Waals surface area contributed by atoms with E-state index in [1.165, 1.54) is 18.3 Å². The number of aromatic nitrogens is 1. The molecule has 0 radical (unpaired) electrons. The fourth-order valence-corrected chi connectivity index (χ4v) is 1.83. The third-order valence-electron chi connectivity index (χ3n) is 2.77. The van der Waals surface area contributed by atoms with Gasteiger partial charge in [0.15, 0.2) is 0 Å². The minimum Gasteiger partial charge on any atom is -0.478 e. The predicted molar refractivity (Wildman–Crippen MR) is 76.3 cm³/mol. The summed E-state index contributed by atoms with van der Waals surface area (Å²) >= 11 is 0. The Morgan fingerprint density at radius 2 is 2.10 bits per heavy atom. The van der Waals surface area contributed by atoms with Crippen LogP contribution in [-0.2, 0) is 11.3 Å². The molecule has 0 saturated carbocycles. The van der Waals surface area contributed by atoms with Gasteiger partial charge in [0.05, 0.1) is 6.61 Å². The van der Waals surface area contributed by atoms with Gasteiger partial charge in [-0.15, -0.1) is 0 Å². The molecule has 0 aliphatic carbocycles. The number of carboxylic acid groups (broad SMARTS) is 1. The van der Waals surface area contributed by atoms with Crippen LogP contribution in [0, 0.1) is 0 Å². The molecule has 2 aromatic rings. The van der Waals surface area contributed by atoms with Gasteiger partial charge in [-0.1, -0.05) is 12.1 Å². The molecule has 0 fully saturated rings. The first-order valence-electron chi connectivity index (χ1n) is 6.19. The van der Waals surface area contributed by atoms with Crippen molar-refractivity contribution in [3.8, 4) is 0 Å². The molecule has 0 aliphatic heterocycles. The summed E-state index contributed by atoms with van der Waals surface area (Å²) in [6.07, 6.45) is 1.42. The van der Waals surface area contributed by atoms with E-state index in [0.29, 0.717) is 12.2 Å². The highest BCUT2D eigenvalue weighted by molar-refractivity contribution is 6.06.